The lowest BCUT2D eigenvalue weighted by Crippen LogP contribution is -1.93. The van der Waals surface area contributed by atoms with Crippen molar-refractivity contribution in [1.29, 1.82) is 0 Å². The van der Waals surface area contributed by atoms with Crippen LogP contribution in [0.25, 0.3) is 49.3 Å². The van der Waals surface area contributed by atoms with Gasteiger partial charge in [-0.1, -0.05) is 36.4 Å². The maximum Gasteiger partial charge on any atom is 0.147 e. The number of pyridine rings is 2. The van der Waals surface area contributed by atoms with Crippen LogP contribution in [0.1, 0.15) is 0 Å². The van der Waals surface area contributed by atoms with Crippen LogP contribution in [-0.4, -0.2) is 14.4 Å². The summed E-state index contributed by atoms with van der Waals surface area (Å²) in [6.45, 7) is 0. The van der Waals surface area contributed by atoms with Gasteiger partial charge in [0.15, 0.2) is 0 Å². The average Bonchev–Trinajstić information content (AvgIpc) is 3.07. The fourth-order valence-corrected chi connectivity index (χ4v) is 3.85. The number of fused-ring (bicyclic) bond motifs is 9. The summed E-state index contributed by atoms with van der Waals surface area (Å²) < 4.78 is 2.18. The number of nitrogens with zero attached hydrogens (tertiary/aromatic N) is 3. The normalized spacial score (nSPS) is 12.0. The molecule has 3 heteroatoms. The Morgan fingerprint density at radius 2 is 1.40 bits per heavy atom. The van der Waals surface area contributed by atoms with Crippen LogP contribution in [0.15, 0.2) is 79.0 Å². The van der Waals surface area contributed by atoms with E-state index in [1.165, 1.54) is 16.2 Å². The Labute approximate surface area is 143 Å². The fraction of sp³-hybridized carbons (Fsp3) is 0. The van der Waals surface area contributed by atoms with Crippen LogP contribution in [0.3, 0.4) is 0 Å². The summed E-state index contributed by atoms with van der Waals surface area (Å²) in [6.07, 6.45) is 1.85. The van der Waals surface area contributed by atoms with Crippen molar-refractivity contribution in [2.75, 3.05) is 0 Å². The second-order valence-electron chi connectivity index (χ2n) is 6.38. The van der Waals surface area contributed by atoms with Gasteiger partial charge in [-0.15, -0.1) is 0 Å². The standard InChI is InChI=1S/C22H13N3/c1-2-7-15-13-18-17(12-14(15)6-1)16-8-5-11-23-21(16)25-20-10-4-3-9-19(20)24-22(18)25/h1-13H. The molecule has 0 unspecified atom stereocenters. The molecule has 0 aliphatic heterocycles. The van der Waals surface area contributed by atoms with Gasteiger partial charge in [0, 0.05) is 17.0 Å². The average molecular weight is 319 g/mol. The Hall–Kier alpha value is -3.46. The van der Waals surface area contributed by atoms with Crippen LogP contribution in [0, 0.1) is 0 Å². The van der Waals surface area contributed by atoms with Crippen LogP contribution in [0.4, 0.5) is 0 Å². The van der Waals surface area contributed by atoms with Crippen molar-refractivity contribution in [1.82, 2.24) is 14.4 Å². The molecule has 0 aliphatic carbocycles. The lowest BCUT2D eigenvalue weighted by molar-refractivity contribution is 1.23. The van der Waals surface area contributed by atoms with Gasteiger partial charge in [0.2, 0.25) is 0 Å². The molecule has 0 saturated heterocycles. The van der Waals surface area contributed by atoms with Crippen molar-refractivity contribution in [3.8, 4) is 0 Å². The van der Waals surface area contributed by atoms with Crippen molar-refractivity contribution < 1.29 is 0 Å². The van der Waals surface area contributed by atoms with Gasteiger partial charge in [-0.25, -0.2) is 9.97 Å². The number of para-hydroxylation sites is 2. The van der Waals surface area contributed by atoms with Crippen LogP contribution in [-0.2, 0) is 0 Å². The minimum Gasteiger partial charge on any atom is -0.276 e. The predicted octanol–water partition coefficient (Wildman–Crippen LogP) is 5.34. The van der Waals surface area contributed by atoms with Crippen LogP contribution >= 0.6 is 0 Å². The van der Waals surface area contributed by atoms with Gasteiger partial charge in [0.1, 0.15) is 11.3 Å². The second kappa shape index (κ2) is 4.54. The molecular formula is C22H13N3. The van der Waals surface area contributed by atoms with Gasteiger partial charge in [0.05, 0.1) is 11.0 Å². The van der Waals surface area contributed by atoms with Crippen molar-refractivity contribution in [2.45, 2.75) is 0 Å². The molecule has 3 nitrogen and oxygen atoms in total. The molecule has 0 atom stereocenters. The van der Waals surface area contributed by atoms with Crippen molar-refractivity contribution in [3.05, 3.63) is 79.0 Å². The summed E-state index contributed by atoms with van der Waals surface area (Å²) in [4.78, 5) is 9.61. The van der Waals surface area contributed by atoms with E-state index < -0.39 is 0 Å². The van der Waals surface area contributed by atoms with Crippen molar-refractivity contribution in [2.24, 2.45) is 0 Å². The van der Waals surface area contributed by atoms with Crippen LogP contribution in [0.2, 0.25) is 0 Å². The topological polar surface area (TPSA) is 30.2 Å². The Balaban J connectivity index is 2.01. The van der Waals surface area contributed by atoms with Gasteiger partial charge < -0.3 is 0 Å². The smallest absolute Gasteiger partial charge is 0.147 e. The van der Waals surface area contributed by atoms with Gasteiger partial charge in [-0.2, -0.15) is 0 Å². The maximum atomic E-state index is 4.92. The summed E-state index contributed by atoms with van der Waals surface area (Å²) in [5.41, 5.74) is 4.01. The minimum absolute atomic E-state index is 0.953. The van der Waals surface area contributed by atoms with E-state index in [4.69, 9.17) is 4.98 Å². The highest BCUT2D eigenvalue weighted by Crippen LogP contribution is 2.33. The molecule has 0 bridgehead atoms. The Kier molecular flexibility index (Phi) is 2.35. The first-order chi connectivity index (χ1) is 12.4. The largest absolute Gasteiger partial charge is 0.276 e. The molecule has 0 fully saturated rings. The zero-order valence-corrected chi connectivity index (χ0v) is 13.3. The molecule has 0 spiro atoms. The monoisotopic (exact) mass is 319 g/mol. The molecule has 3 aromatic heterocycles. The molecule has 25 heavy (non-hydrogen) atoms. The van der Waals surface area contributed by atoms with E-state index >= 15 is 0 Å². The van der Waals surface area contributed by atoms with Crippen LogP contribution in [0.5, 0.6) is 0 Å². The lowest BCUT2D eigenvalue weighted by atomic mass is 10.0. The molecule has 6 aromatic rings. The molecule has 116 valence electrons. The Morgan fingerprint density at radius 3 is 2.28 bits per heavy atom. The number of hydrogen-bond acceptors (Lipinski definition) is 2. The Morgan fingerprint density at radius 1 is 0.640 bits per heavy atom. The first kappa shape index (κ1) is 12.9. The van der Waals surface area contributed by atoms with E-state index in [-0.39, 0.29) is 0 Å². The zero-order chi connectivity index (χ0) is 16.4. The second-order valence-corrected chi connectivity index (χ2v) is 6.38. The molecule has 0 N–H and O–H groups in total. The summed E-state index contributed by atoms with van der Waals surface area (Å²) in [5.74, 6) is 0. The lowest BCUT2D eigenvalue weighted by Gasteiger charge is -2.09. The molecule has 3 heterocycles. The number of imidazole rings is 1. The van der Waals surface area contributed by atoms with E-state index in [9.17, 15) is 0 Å². The molecule has 3 aromatic carbocycles. The molecule has 0 aliphatic rings. The van der Waals surface area contributed by atoms with Gasteiger partial charge in [-0.3, -0.25) is 4.40 Å². The van der Waals surface area contributed by atoms with E-state index in [2.05, 4.69) is 70.0 Å². The highest BCUT2D eigenvalue weighted by molar-refractivity contribution is 6.16. The van der Waals surface area contributed by atoms with E-state index in [0.29, 0.717) is 0 Å². The molecule has 0 saturated carbocycles. The summed E-state index contributed by atoms with van der Waals surface area (Å²) in [7, 11) is 0. The van der Waals surface area contributed by atoms with E-state index in [0.717, 1.165) is 33.1 Å². The van der Waals surface area contributed by atoms with E-state index in [1.807, 2.05) is 18.3 Å². The highest BCUT2D eigenvalue weighted by Gasteiger charge is 2.14. The molecule has 0 radical (unpaired) electrons. The number of aromatic nitrogens is 3. The molecule has 6 rings (SSSR count). The minimum atomic E-state index is 0.953. The third-order valence-corrected chi connectivity index (χ3v) is 4.98. The predicted molar refractivity (Wildman–Crippen MR) is 103 cm³/mol. The maximum absolute atomic E-state index is 4.92. The van der Waals surface area contributed by atoms with E-state index in [1.54, 1.807) is 0 Å². The highest BCUT2D eigenvalue weighted by atomic mass is 15.1. The van der Waals surface area contributed by atoms with Gasteiger partial charge >= 0.3 is 0 Å². The van der Waals surface area contributed by atoms with Crippen LogP contribution < -0.4 is 0 Å². The summed E-state index contributed by atoms with van der Waals surface area (Å²) in [5, 5.41) is 5.98. The van der Waals surface area contributed by atoms with Crippen molar-refractivity contribution >= 4 is 49.3 Å². The van der Waals surface area contributed by atoms with Gasteiger partial charge in [-0.05, 0) is 52.6 Å². The summed E-state index contributed by atoms with van der Waals surface area (Å²) >= 11 is 0. The fourth-order valence-electron chi connectivity index (χ4n) is 3.85. The first-order valence-corrected chi connectivity index (χ1v) is 8.36. The molecular weight excluding hydrogens is 306 g/mol. The molecule has 0 amide bonds. The Bertz CT molecular complexity index is 1440. The number of hydrogen-bond donors (Lipinski definition) is 0. The third-order valence-electron chi connectivity index (χ3n) is 4.98. The summed E-state index contributed by atoms with van der Waals surface area (Å²) in [6, 6.07) is 25.4. The van der Waals surface area contributed by atoms with Gasteiger partial charge in [0.25, 0.3) is 0 Å². The number of benzene rings is 3. The first-order valence-electron chi connectivity index (χ1n) is 8.36. The zero-order valence-electron chi connectivity index (χ0n) is 13.3. The SMILES string of the molecule is c1ccc2cc3c(cc2c1)c1cccnc1n1c2ccccc2nc31. The van der Waals surface area contributed by atoms with Crippen molar-refractivity contribution in [3.63, 3.8) is 0 Å². The quantitative estimate of drug-likeness (QED) is 0.279. The third kappa shape index (κ3) is 1.64. The number of rotatable bonds is 0.